The average Bonchev–Trinajstić information content (AvgIpc) is 3.07. The second-order valence-corrected chi connectivity index (χ2v) is 4.35. The van der Waals surface area contributed by atoms with Crippen LogP contribution in [-0.4, -0.2) is 13.1 Å². The number of ether oxygens (including phenoxy) is 1. The number of aryl methyl sites for hydroxylation is 1. The molecule has 0 radical (unpaired) electrons. The largest absolute Gasteiger partial charge is 0.469 e. The maximum absolute atomic E-state index is 13.1. The summed E-state index contributed by atoms with van der Waals surface area (Å²) in [5.74, 6) is -0.293. The summed E-state index contributed by atoms with van der Waals surface area (Å²) in [6.45, 7) is 1.71. The molecule has 0 amide bonds. The van der Waals surface area contributed by atoms with E-state index in [1.54, 1.807) is 19.1 Å². The van der Waals surface area contributed by atoms with Crippen molar-refractivity contribution < 1.29 is 13.9 Å². The lowest BCUT2D eigenvalue weighted by Gasteiger charge is -2.14. The number of esters is 1. The van der Waals surface area contributed by atoms with Crippen LogP contribution in [-0.2, 0) is 9.53 Å². The van der Waals surface area contributed by atoms with Crippen LogP contribution in [0.1, 0.15) is 29.9 Å². The summed E-state index contributed by atoms with van der Waals surface area (Å²) in [4.78, 5) is 11.7. The van der Waals surface area contributed by atoms with E-state index in [1.807, 2.05) is 0 Å². The molecule has 1 unspecified atom stereocenters. The minimum absolute atomic E-state index is 0.214. The van der Waals surface area contributed by atoms with E-state index in [-0.39, 0.29) is 17.7 Å². The zero-order chi connectivity index (χ0) is 11.7. The van der Waals surface area contributed by atoms with Crippen LogP contribution >= 0.6 is 0 Å². The molecule has 1 saturated carbocycles. The van der Waals surface area contributed by atoms with Gasteiger partial charge in [0.2, 0.25) is 0 Å². The van der Waals surface area contributed by atoms with Crippen LogP contribution in [0.15, 0.2) is 18.2 Å². The van der Waals surface area contributed by atoms with Gasteiger partial charge in [0.25, 0.3) is 0 Å². The summed E-state index contributed by atoms with van der Waals surface area (Å²) in [5.41, 5.74) is 1.44. The van der Waals surface area contributed by atoms with Gasteiger partial charge in [0, 0.05) is 0 Å². The summed E-state index contributed by atoms with van der Waals surface area (Å²) >= 11 is 0. The molecule has 0 aromatic heterocycles. The van der Waals surface area contributed by atoms with Gasteiger partial charge in [0.15, 0.2) is 0 Å². The Labute approximate surface area is 94.4 Å². The first-order chi connectivity index (χ1) is 7.63. The Balaban J connectivity index is 2.31. The van der Waals surface area contributed by atoms with E-state index in [0.29, 0.717) is 11.5 Å². The van der Waals surface area contributed by atoms with E-state index in [2.05, 4.69) is 0 Å². The molecule has 86 valence electrons. The molecule has 0 spiro atoms. The lowest BCUT2D eigenvalue weighted by atomic mass is 9.93. The van der Waals surface area contributed by atoms with Crippen molar-refractivity contribution >= 4 is 5.97 Å². The molecule has 1 aliphatic carbocycles. The van der Waals surface area contributed by atoms with Crippen LogP contribution in [0.25, 0.3) is 0 Å². The monoisotopic (exact) mass is 222 g/mol. The van der Waals surface area contributed by atoms with Crippen LogP contribution in [0.5, 0.6) is 0 Å². The topological polar surface area (TPSA) is 26.3 Å². The molecule has 0 bridgehead atoms. The molecule has 1 fully saturated rings. The third-order valence-corrected chi connectivity index (χ3v) is 3.09. The normalized spacial score (nSPS) is 16.9. The van der Waals surface area contributed by atoms with Crippen LogP contribution in [0.4, 0.5) is 4.39 Å². The van der Waals surface area contributed by atoms with Crippen molar-refractivity contribution in [3.8, 4) is 0 Å². The van der Waals surface area contributed by atoms with E-state index < -0.39 is 0 Å². The summed E-state index contributed by atoms with van der Waals surface area (Å²) in [5, 5.41) is 0. The van der Waals surface area contributed by atoms with E-state index in [1.165, 1.54) is 13.2 Å². The molecule has 0 heterocycles. The highest BCUT2D eigenvalue weighted by Gasteiger charge is 2.38. The van der Waals surface area contributed by atoms with Gasteiger partial charge in [-0.25, -0.2) is 4.39 Å². The smallest absolute Gasteiger partial charge is 0.313 e. The highest BCUT2D eigenvalue weighted by atomic mass is 19.1. The minimum Gasteiger partial charge on any atom is -0.469 e. The van der Waals surface area contributed by atoms with Crippen LogP contribution in [0.2, 0.25) is 0 Å². The van der Waals surface area contributed by atoms with Crippen molar-refractivity contribution in [3.63, 3.8) is 0 Å². The molecule has 0 N–H and O–H groups in total. The minimum atomic E-state index is -0.233. The average molecular weight is 222 g/mol. The number of methoxy groups -OCH3 is 1. The van der Waals surface area contributed by atoms with Gasteiger partial charge in [-0.2, -0.15) is 0 Å². The molecule has 16 heavy (non-hydrogen) atoms. The first kappa shape index (κ1) is 11.1. The first-order valence-electron chi connectivity index (χ1n) is 5.47. The number of carbonyl (C=O) groups excluding carboxylic acids is 1. The highest BCUT2D eigenvalue weighted by molar-refractivity contribution is 5.79. The van der Waals surface area contributed by atoms with Crippen molar-refractivity contribution in [3.05, 3.63) is 35.1 Å². The van der Waals surface area contributed by atoms with Gasteiger partial charge in [-0.1, -0.05) is 12.1 Å². The molecular weight excluding hydrogens is 207 g/mol. The molecular formula is C13H15FO2. The zero-order valence-corrected chi connectivity index (χ0v) is 9.50. The molecule has 1 aromatic rings. The number of hydrogen-bond acceptors (Lipinski definition) is 2. The molecule has 0 saturated heterocycles. The van der Waals surface area contributed by atoms with Crippen LogP contribution in [0, 0.1) is 18.7 Å². The number of rotatable bonds is 3. The fourth-order valence-electron chi connectivity index (χ4n) is 2.02. The number of hydrogen-bond donors (Lipinski definition) is 0. The Morgan fingerprint density at radius 1 is 1.50 bits per heavy atom. The lowest BCUT2D eigenvalue weighted by Crippen LogP contribution is -2.16. The third kappa shape index (κ3) is 2.08. The second kappa shape index (κ2) is 4.24. The molecule has 1 atom stereocenters. The van der Waals surface area contributed by atoms with Crippen LogP contribution < -0.4 is 0 Å². The Kier molecular flexibility index (Phi) is 2.95. The van der Waals surface area contributed by atoms with Crippen molar-refractivity contribution in [1.82, 2.24) is 0 Å². The fraction of sp³-hybridized carbons (Fsp3) is 0.462. The molecule has 2 rings (SSSR count). The number of carbonyl (C=O) groups is 1. The van der Waals surface area contributed by atoms with Gasteiger partial charge in [0.1, 0.15) is 5.82 Å². The molecule has 1 aliphatic rings. The predicted molar refractivity (Wildman–Crippen MR) is 58.6 cm³/mol. The Morgan fingerprint density at radius 3 is 2.69 bits per heavy atom. The lowest BCUT2D eigenvalue weighted by molar-refractivity contribution is -0.143. The van der Waals surface area contributed by atoms with Crippen molar-refractivity contribution in [1.29, 1.82) is 0 Å². The van der Waals surface area contributed by atoms with Gasteiger partial charge in [-0.05, 0) is 42.9 Å². The van der Waals surface area contributed by atoms with E-state index in [0.717, 1.165) is 18.4 Å². The van der Waals surface area contributed by atoms with Gasteiger partial charge < -0.3 is 4.74 Å². The summed E-state index contributed by atoms with van der Waals surface area (Å²) in [7, 11) is 1.40. The number of halogens is 1. The first-order valence-corrected chi connectivity index (χ1v) is 5.47. The highest BCUT2D eigenvalue weighted by Crippen LogP contribution is 2.43. The van der Waals surface area contributed by atoms with Crippen molar-refractivity contribution in [2.45, 2.75) is 25.7 Å². The van der Waals surface area contributed by atoms with E-state index in [4.69, 9.17) is 4.74 Å². The molecule has 0 aliphatic heterocycles. The summed E-state index contributed by atoms with van der Waals surface area (Å²) in [6.07, 6.45) is 2.10. The maximum atomic E-state index is 13.1. The van der Waals surface area contributed by atoms with Crippen LogP contribution in [0.3, 0.4) is 0 Å². The Morgan fingerprint density at radius 2 is 2.19 bits per heavy atom. The zero-order valence-electron chi connectivity index (χ0n) is 9.50. The quantitative estimate of drug-likeness (QED) is 0.735. The molecule has 3 heteroatoms. The Hall–Kier alpha value is -1.38. The maximum Gasteiger partial charge on any atom is 0.313 e. The van der Waals surface area contributed by atoms with Crippen molar-refractivity contribution in [2.24, 2.45) is 5.92 Å². The summed E-state index contributed by atoms with van der Waals surface area (Å²) < 4.78 is 18.0. The standard InChI is InChI=1S/C13H15FO2/c1-8-7-10(5-6-11(8)14)12(9-3-4-9)13(15)16-2/h5-7,9,12H,3-4H2,1-2H3. The van der Waals surface area contributed by atoms with Gasteiger partial charge in [-0.15, -0.1) is 0 Å². The SMILES string of the molecule is COC(=O)C(c1ccc(F)c(C)c1)C1CC1. The predicted octanol–water partition coefficient (Wildman–Crippen LogP) is 2.80. The van der Waals surface area contributed by atoms with Crippen molar-refractivity contribution in [2.75, 3.05) is 7.11 Å². The molecule has 1 aromatic carbocycles. The van der Waals surface area contributed by atoms with Gasteiger partial charge in [-0.3, -0.25) is 4.79 Å². The second-order valence-electron chi connectivity index (χ2n) is 4.35. The number of benzene rings is 1. The van der Waals surface area contributed by atoms with E-state index in [9.17, 15) is 9.18 Å². The van der Waals surface area contributed by atoms with Gasteiger partial charge >= 0.3 is 5.97 Å². The molecule has 2 nitrogen and oxygen atoms in total. The van der Waals surface area contributed by atoms with E-state index >= 15 is 0 Å². The summed E-state index contributed by atoms with van der Waals surface area (Å²) in [6, 6.07) is 4.85. The van der Waals surface area contributed by atoms with Gasteiger partial charge in [0.05, 0.1) is 13.0 Å². The third-order valence-electron chi connectivity index (χ3n) is 3.09. The Bertz CT molecular complexity index is 410. The fourth-order valence-corrected chi connectivity index (χ4v) is 2.02.